The van der Waals surface area contributed by atoms with Crippen LogP contribution in [0.15, 0.2) is 24.3 Å². The largest absolute Gasteiger partial charge is 0.491 e. The fourth-order valence-electron chi connectivity index (χ4n) is 2.69. The molecule has 1 aromatic carbocycles. The van der Waals surface area contributed by atoms with Crippen LogP contribution in [0.25, 0.3) is 0 Å². The maximum atomic E-state index is 12.8. The molecule has 1 saturated heterocycles. The molecule has 0 unspecified atom stereocenters. The van der Waals surface area contributed by atoms with E-state index in [1.54, 1.807) is 0 Å². The van der Waals surface area contributed by atoms with Crippen molar-refractivity contribution in [3.05, 3.63) is 30.1 Å². The van der Waals surface area contributed by atoms with Gasteiger partial charge in [-0.05, 0) is 57.1 Å². The van der Waals surface area contributed by atoms with Gasteiger partial charge in [-0.15, -0.1) is 0 Å². The zero-order valence-corrected chi connectivity index (χ0v) is 13.4. The highest BCUT2D eigenvalue weighted by Gasteiger charge is 2.26. The average molecular weight is 325 g/mol. The van der Waals surface area contributed by atoms with Crippen molar-refractivity contribution in [2.45, 2.75) is 25.9 Å². The minimum Gasteiger partial charge on any atom is -0.491 e. The quantitative estimate of drug-likeness (QED) is 0.775. The van der Waals surface area contributed by atoms with E-state index in [2.05, 4.69) is 4.90 Å². The van der Waals surface area contributed by atoms with Crippen LogP contribution in [0.4, 0.5) is 4.39 Å². The van der Waals surface area contributed by atoms with E-state index in [1.807, 2.05) is 6.92 Å². The molecule has 2 rings (SSSR count). The Labute approximate surface area is 136 Å². The predicted molar refractivity (Wildman–Crippen MR) is 83.7 cm³/mol. The number of likely N-dealkylation sites (tertiary alicyclic amines) is 1. The lowest BCUT2D eigenvalue weighted by molar-refractivity contribution is -0.149. The van der Waals surface area contributed by atoms with Crippen LogP contribution in [0, 0.1) is 11.7 Å². The summed E-state index contributed by atoms with van der Waals surface area (Å²) in [4.78, 5) is 13.8. The number of aliphatic hydroxyl groups excluding tert-OH is 1. The third kappa shape index (κ3) is 5.80. The molecule has 1 N–H and O–H groups in total. The number of hydrogen-bond acceptors (Lipinski definition) is 5. The highest BCUT2D eigenvalue weighted by molar-refractivity contribution is 5.72. The number of nitrogens with zero attached hydrogens (tertiary/aromatic N) is 1. The number of piperidine rings is 1. The molecule has 1 aliphatic heterocycles. The highest BCUT2D eigenvalue weighted by Crippen LogP contribution is 2.19. The minimum absolute atomic E-state index is 0.0289. The van der Waals surface area contributed by atoms with E-state index in [1.165, 1.54) is 24.3 Å². The second-order valence-corrected chi connectivity index (χ2v) is 5.75. The first-order valence-corrected chi connectivity index (χ1v) is 8.04. The van der Waals surface area contributed by atoms with Crippen LogP contribution in [0.2, 0.25) is 0 Å². The number of aliphatic hydroxyl groups is 1. The Morgan fingerprint density at radius 2 is 2.00 bits per heavy atom. The van der Waals surface area contributed by atoms with Crippen LogP contribution >= 0.6 is 0 Å². The fourth-order valence-corrected chi connectivity index (χ4v) is 2.69. The van der Waals surface area contributed by atoms with Gasteiger partial charge in [-0.3, -0.25) is 4.79 Å². The molecule has 0 spiro atoms. The molecule has 0 saturated carbocycles. The molecule has 0 bridgehead atoms. The van der Waals surface area contributed by atoms with Gasteiger partial charge in [-0.25, -0.2) is 4.39 Å². The number of esters is 1. The van der Waals surface area contributed by atoms with E-state index >= 15 is 0 Å². The van der Waals surface area contributed by atoms with Gasteiger partial charge in [0, 0.05) is 6.54 Å². The SMILES string of the molecule is CCOC(=O)C1CCN(C[C@H](O)COc2ccc(F)cc2)CC1. The number of rotatable bonds is 7. The topological polar surface area (TPSA) is 59.0 Å². The lowest BCUT2D eigenvalue weighted by Crippen LogP contribution is -2.42. The zero-order valence-electron chi connectivity index (χ0n) is 13.4. The third-order valence-electron chi connectivity index (χ3n) is 3.93. The van der Waals surface area contributed by atoms with E-state index in [4.69, 9.17) is 9.47 Å². The van der Waals surface area contributed by atoms with Crippen LogP contribution < -0.4 is 4.74 Å². The van der Waals surface area contributed by atoms with Crippen LogP contribution in [0.1, 0.15) is 19.8 Å². The summed E-state index contributed by atoms with van der Waals surface area (Å²) in [5.41, 5.74) is 0. The van der Waals surface area contributed by atoms with E-state index in [9.17, 15) is 14.3 Å². The van der Waals surface area contributed by atoms with Crippen molar-refractivity contribution in [3.8, 4) is 5.75 Å². The minimum atomic E-state index is -0.626. The molecule has 6 heteroatoms. The van der Waals surface area contributed by atoms with Crippen molar-refractivity contribution in [1.29, 1.82) is 0 Å². The van der Waals surface area contributed by atoms with Gasteiger partial charge in [0.2, 0.25) is 0 Å². The number of carbonyl (C=O) groups excluding carboxylic acids is 1. The first-order chi connectivity index (χ1) is 11.1. The number of hydrogen-bond donors (Lipinski definition) is 1. The molecule has 1 fully saturated rings. The second kappa shape index (κ2) is 8.84. The Hall–Kier alpha value is -1.66. The van der Waals surface area contributed by atoms with Gasteiger partial charge in [0.1, 0.15) is 24.3 Å². The second-order valence-electron chi connectivity index (χ2n) is 5.75. The average Bonchev–Trinajstić information content (AvgIpc) is 2.55. The van der Waals surface area contributed by atoms with Crippen molar-refractivity contribution >= 4 is 5.97 Å². The summed E-state index contributed by atoms with van der Waals surface area (Å²) in [5, 5.41) is 10.0. The fraction of sp³-hybridized carbons (Fsp3) is 0.588. The van der Waals surface area contributed by atoms with Gasteiger partial charge < -0.3 is 19.5 Å². The molecule has 1 heterocycles. The molecule has 0 radical (unpaired) electrons. The Bertz CT molecular complexity index is 486. The number of halogens is 1. The molecule has 0 amide bonds. The summed E-state index contributed by atoms with van der Waals surface area (Å²) in [5.74, 6) is 0.0694. The van der Waals surface area contributed by atoms with Crippen LogP contribution in [0.5, 0.6) is 5.75 Å². The van der Waals surface area contributed by atoms with Crippen molar-refractivity contribution in [2.24, 2.45) is 5.92 Å². The zero-order chi connectivity index (χ0) is 16.7. The van der Waals surface area contributed by atoms with Gasteiger partial charge in [0.25, 0.3) is 0 Å². The van der Waals surface area contributed by atoms with Crippen LogP contribution in [-0.4, -0.2) is 54.9 Å². The van der Waals surface area contributed by atoms with E-state index in [0.717, 1.165) is 25.9 Å². The Morgan fingerprint density at radius 1 is 1.35 bits per heavy atom. The number of ether oxygens (including phenoxy) is 2. The van der Waals surface area contributed by atoms with E-state index in [-0.39, 0.29) is 24.3 Å². The number of β-amino-alcohol motifs (C(OH)–C–C–N with tert-alkyl or cyclic N) is 1. The summed E-state index contributed by atoms with van der Waals surface area (Å²) < 4.78 is 23.3. The Balaban J connectivity index is 1.67. The maximum Gasteiger partial charge on any atom is 0.309 e. The van der Waals surface area contributed by atoms with Crippen LogP contribution in [-0.2, 0) is 9.53 Å². The highest BCUT2D eigenvalue weighted by atomic mass is 19.1. The predicted octanol–water partition coefficient (Wildman–Crippen LogP) is 1.84. The van der Waals surface area contributed by atoms with Crippen molar-refractivity contribution in [3.63, 3.8) is 0 Å². The Morgan fingerprint density at radius 3 is 2.61 bits per heavy atom. The van der Waals surface area contributed by atoms with Crippen molar-refractivity contribution < 1.29 is 23.8 Å². The Kier molecular flexibility index (Phi) is 6.80. The molecular formula is C17H24FNO4. The normalized spacial score (nSPS) is 17.7. The van der Waals surface area contributed by atoms with Gasteiger partial charge >= 0.3 is 5.97 Å². The molecule has 0 aromatic heterocycles. The van der Waals surface area contributed by atoms with E-state index < -0.39 is 6.10 Å². The first kappa shape index (κ1) is 17.7. The standard InChI is InChI=1S/C17H24FNO4/c1-2-22-17(21)13-7-9-19(10-8-13)11-15(20)12-23-16-5-3-14(18)4-6-16/h3-6,13,15,20H,2,7-12H2,1H3/t15-/m0/s1. The van der Waals surface area contributed by atoms with Gasteiger partial charge in [-0.1, -0.05) is 0 Å². The van der Waals surface area contributed by atoms with E-state index in [0.29, 0.717) is 18.9 Å². The summed E-state index contributed by atoms with van der Waals surface area (Å²) >= 11 is 0. The molecule has 1 aromatic rings. The summed E-state index contributed by atoms with van der Waals surface area (Å²) in [6, 6.07) is 5.71. The molecule has 1 atom stereocenters. The summed E-state index contributed by atoms with van der Waals surface area (Å²) in [6.45, 7) is 4.40. The molecular weight excluding hydrogens is 301 g/mol. The molecule has 23 heavy (non-hydrogen) atoms. The molecule has 0 aliphatic carbocycles. The summed E-state index contributed by atoms with van der Waals surface area (Å²) in [7, 11) is 0. The monoisotopic (exact) mass is 325 g/mol. The molecule has 5 nitrogen and oxygen atoms in total. The summed E-state index contributed by atoms with van der Waals surface area (Å²) in [6.07, 6.45) is 0.883. The van der Waals surface area contributed by atoms with Gasteiger partial charge in [0.05, 0.1) is 12.5 Å². The lowest BCUT2D eigenvalue weighted by atomic mass is 9.97. The van der Waals surface area contributed by atoms with Gasteiger partial charge in [-0.2, -0.15) is 0 Å². The van der Waals surface area contributed by atoms with Crippen molar-refractivity contribution in [2.75, 3.05) is 32.8 Å². The lowest BCUT2D eigenvalue weighted by Gasteiger charge is -2.32. The number of benzene rings is 1. The maximum absolute atomic E-state index is 12.8. The number of carbonyl (C=O) groups is 1. The molecule has 1 aliphatic rings. The smallest absolute Gasteiger partial charge is 0.309 e. The molecule has 128 valence electrons. The van der Waals surface area contributed by atoms with Crippen LogP contribution in [0.3, 0.4) is 0 Å². The third-order valence-corrected chi connectivity index (χ3v) is 3.93. The first-order valence-electron chi connectivity index (χ1n) is 8.04. The van der Waals surface area contributed by atoms with Crippen molar-refractivity contribution in [1.82, 2.24) is 4.90 Å². The van der Waals surface area contributed by atoms with Gasteiger partial charge in [0.15, 0.2) is 0 Å².